The zero-order chi connectivity index (χ0) is 24.9. The highest BCUT2D eigenvalue weighted by molar-refractivity contribution is 6.02. The molecular weight excluding hydrogens is 457 g/mol. The fraction of sp³-hybridized carbons (Fsp3) is 0.280. The minimum atomic E-state index is -0.570. The summed E-state index contributed by atoms with van der Waals surface area (Å²) < 4.78 is 30.0. The quantitative estimate of drug-likeness (QED) is 0.466. The van der Waals surface area contributed by atoms with Crippen molar-refractivity contribution in [3.05, 3.63) is 71.7 Å². The van der Waals surface area contributed by atoms with Crippen LogP contribution in [-0.4, -0.2) is 41.8 Å². The average Bonchev–Trinajstić information content (AvgIpc) is 3.33. The molecule has 2 amide bonds. The largest absolute Gasteiger partial charge is 0.482 e. The van der Waals surface area contributed by atoms with Crippen molar-refractivity contribution in [1.82, 2.24) is 10.3 Å². The molecule has 1 aliphatic heterocycles. The first-order valence-electron chi connectivity index (χ1n) is 11.1. The van der Waals surface area contributed by atoms with Crippen molar-refractivity contribution in [3.63, 3.8) is 0 Å². The summed E-state index contributed by atoms with van der Waals surface area (Å²) in [5.74, 6) is -1.19. The molecule has 10 heteroatoms. The van der Waals surface area contributed by atoms with E-state index >= 15 is 0 Å². The Kier molecular flexibility index (Phi) is 7.09. The normalized spacial score (nSPS) is 13.6. The number of para-hydroxylation sites is 1. The van der Waals surface area contributed by atoms with E-state index in [2.05, 4.69) is 10.3 Å². The maximum Gasteiger partial charge on any atom is 0.273 e. The number of anilines is 1. The number of nitrogens with zero attached hydrogens (tertiary/aromatic N) is 2. The molecule has 9 nitrogen and oxygen atoms in total. The molecule has 3 aromatic rings. The molecule has 0 bridgehead atoms. The van der Waals surface area contributed by atoms with Crippen LogP contribution in [0.1, 0.15) is 47.0 Å². The van der Waals surface area contributed by atoms with Crippen molar-refractivity contribution < 1.29 is 32.7 Å². The fourth-order valence-electron chi connectivity index (χ4n) is 3.36. The smallest absolute Gasteiger partial charge is 0.273 e. The van der Waals surface area contributed by atoms with Crippen molar-refractivity contribution in [3.8, 4) is 11.5 Å². The Hall–Kier alpha value is -4.21. The van der Waals surface area contributed by atoms with Gasteiger partial charge < -0.3 is 19.2 Å². The summed E-state index contributed by atoms with van der Waals surface area (Å²) in [6, 6.07) is 10.4. The molecule has 0 aliphatic carbocycles. The van der Waals surface area contributed by atoms with Gasteiger partial charge >= 0.3 is 0 Å². The summed E-state index contributed by atoms with van der Waals surface area (Å²) in [4.78, 5) is 43.1. The minimum Gasteiger partial charge on any atom is -0.482 e. The number of fused-ring (bicyclic) bond motifs is 1. The third-order valence-corrected chi connectivity index (χ3v) is 5.49. The van der Waals surface area contributed by atoms with Crippen molar-refractivity contribution in [2.45, 2.75) is 32.9 Å². The number of halogens is 1. The van der Waals surface area contributed by atoms with Crippen LogP contribution in [0.4, 0.5) is 10.1 Å². The number of rotatable bonds is 9. The number of ether oxygens (including phenoxy) is 2. The van der Waals surface area contributed by atoms with E-state index in [9.17, 15) is 18.8 Å². The van der Waals surface area contributed by atoms with Crippen molar-refractivity contribution >= 4 is 23.3 Å². The van der Waals surface area contributed by atoms with Gasteiger partial charge in [-0.3, -0.25) is 19.3 Å². The zero-order valence-corrected chi connectivity index (χ0v) is 19.2. The first kappa shape index (κ1) is 23.9. The molecule has 0 fully saturated rings. The van der Waals surface area contributed by atoms with Gasteiger partial charge in [-0.1, -0.05) is 19.1 Å². The van der Waals surface area contributed by atoms with Gasteiger partial charge in [-0.05, 0) is 43.7 Å². The third kappa shape index (κ3) is 5.48. The zero-order valence-electron chi connectivity index (χ0n) is 19.2. The Morgan fingerprint density at radius 2 is 2.06 bits per heavy atom. The summed E-state index contributed by atoms with van der Waals surface area (Å²) in [6.07, 6.45) is 2.00. The molecule has 2 aromatic carbocycles. The molecule has 1 aliphatic rings. The molecule has 0 spiro atoms. The molecule has 2 heterocycles. The molecule has 0 radical (unpaired) electrons. The molecule has 35 heavy (non-hydrogen) atoms. The lowest BCUT2D eigenvalue weighted by Gasteiger charge is -2.28. The van der Waals surface area contributed by atoms with Gasteiger partial charge in [-0.15, -0.1) is 0 Å². The molecule has 182 valence electrons. The van der Waals surface area contributed by atoms with E-state index < -0.39 is 11.6 Å². The van der Waals surface area contributed by atoms with Crippen LogP contribution in [0.3, 0.4) is 0 Å². The molecule has 0 saturated carbocycles. The van der Waals surface area contributed by atoms with E-state index in [0.717, 1.165) is 6.42 Å². The Morgan fingerprint density at radius 3 is 2.83 bits per heavy atom. The number of ketones is 1. The second-order valence-corrected chi connectivity index (χ2v) is 8.00. The Morgan fingerprint density at radius 1 is 1.26 bits per heavy atom. The van der Waals surface area contributed by atoms with Crippen LogP contribution in [0, 0.1) is 5.82 Å². The molecule has 1 N–H and O–H groups in total. The summed E-state index contributed by atoms with van der Waals surface area (Å²) in [6.45, 7) is 3.19. The summed E-state index contributed by atoms with van der Waals surface area (Å²) in [7, 11) is 0. The maximum atomic E-state index is 13.8. The first-order chi connectivity index (χ1) is 16.9. The van der Waals surface area contributed by atoms with Gasteiger partial charge in [0.15, 0.2) is 36.3 Å². The number of oxazole rings is 1. The number of carbonyl (C=O) groups excluding carboxylic acids is 3. The molecule has 0 saturated heterocycles. The van der Waals surface area contributed by atoms with Gasteiger partial charge in [0.2, 0.25) is 5.89 Å². The highest BCUT2D eigenvalue weighted by Crippen LogP contribution is 2.34. The predicted octanol–water partition coefficient (Wildman–Crippen LogP) is 3.53. The van der Waals surface area contributed by atoms with Gasteiger partial charge in [0, 0.05) is 11.6 Å². The summed E-state index contributed by atoms with van der Waals surface area (Å²) >= 11 is 0. The SMILES string of the molecule is CC[C@H](C)NC(=O)c1coc(CN2C(=O)COc3ccc(C(=O)COc4ccccc4F)cc32)n1. The van der Waals surface area contributed by atoms with Crippen molar-refractivity contribution in [2.24, 2.45) is 0 Å². The Balaban J connectivity index is 1.50. The van der Waals surface area contributed by atoms with E-state index in [0.29, 0.717) is 11.4 Å². The van der Waals surface area contributed by atoms with Gasteiger partial charge in [0.25, 0.3) is 11.8 Å². The van der Waals surface area contributed by atoms with Crippen molar-refractivity contribution in [1.29, 1.82) is 0 Å². The highest BCUT2D eigenvalue weighted by Gasteiger charge is 2.28. The molecule has 1 atom stereocenters. The second kappa shape index (κ2) is 10.4. The lowest BCUT2D eigenvalue weighted by Crippen LogP contribution is -2.38. The van der Waals surface area contributed by atoms with Gasteiger partial charge in [0.1, 0.15) is 18.6 Å². The number of hydrogen-bond acceptors (Lipinski definition) is 7. The van der Waals surface area contributed by atoms with E-state index in [4.69, 9.17) is 13.9 Å². The number of nitrogens with one attached hydrogen (secondary N) is 1. The fourth-order valence-corrected chi connectivity index (χ4v) is 3.36. The number of benzene rings is 2. The second-order valence-electron chi connectivity index (χ2n) is 8.00. The van der Waals surface area contributed by atoms with Gasteiger partial charge in [-0.2, -0.15) is 0 Å². The molecule has 4 rings (SSSR count). The average molecular weight is 481 g/mol. The van der Waals surface area contributed by atoms with Crippen LogP contribution in [0.25, 0.3) is 0 Å². The topological polar surface area (TPSA) is 111 Å². The maximum absolute atomic E-state index is 13.8. The first-order valence-corrected chi connectivity index (χ1v) is 11.1. The van der Waals surface area contributed by atoms with Crippen LogP contribution < -0.4 is 19.7 Å². The van der Waals surface area contributed by atoms with E-state index in [1.807, 2.05) is 13.8 Å². The summed E-state index contributed by atoms with van der Waals surface area (Å²) in [5, 5.41) is 2.80. The summed E-state index contributed by atoms with van der Waals surface area (Å²) in [5.41, 5.74) is 0.710. The van der Waals surface area contributed by atoms with E-state index in [1.165, 1.54) is 35.4 Å². The number of carbonyl (C=O) groups is 3. The highest BCUT2D eigenvalue weighted by atomic mass is 19.1. The van der Waals surface area contributed by atoms with Gasteiger partial charge in [-0.25, -0.2) is 9.37 Å². The Labute approximate surface area is 200 Å². The molecular formula is C25H24FN3O6. The predicted molar refractivity (Wildman–Crippen MR) is 123 cm³/mol. The number of Topliss-reactive ketones (excluding diaryl/α,β-unsaturated/α-hetero) is 1. The Bertz CT molecular complexity index is 1260. The van der Waals surface area contributed by atoms with Gasteiger partial charge in [0.05, 0.1) is 5.69 Å². The van der Waals surface area contributed by atoms with Crippen LogP contribution >= 0.6 is 0 Å². The number of hydrogen-bond donors (Lipinski definition) is 1. The third-order valence-electron chi connectivity index (χ3n) is 5.49. The van der Waals surface area contributed by atoms with Crippen LogP contribution in [0.2, 0.25) is 0 Å². The lowest BCUT2D eigenvalue weighted by atomic mass is 10.1. The number of amides is 2. The minimum absolute atomic E-state index is 0.0198. The monoisotopic (exact) mass is 481 g/mol. The molecule has 0 unspecified atom stereocenters. The standard InChI is InChI=1S/C25H24FN3O6/c1-3-15(2)27-25(32)18-12-35-23(28-18)11-29-19-10-16(8-9-22(19)34-14-24(29)31)20(30)13-33-21-7-5-4-6-17(21)26/h4-10,12,15H,3,11,13-14H2,1-2H3,(H,27,32)/t15-/m0/s1. The lowest BCUT2D eigenvalue weighted by molar-refractivity contribution is -0.121. The molecule has 1 aromatic heterocycles. The van der Waals surface area contributed by atoms with Crippen molar-refractivity contribution in [2.75, 3.05) is 18.1 Å². The number of aromatic nitrogens is 1. The van der Waals surface area contributed by atoms with E-state index in [-0.39, 0.29) is 60.5 Å². The van der Waals surface area contributed by atoms with E-state index in [1.54, 1.807) is 18.2 Å². The van der Waals surface area contributed by atoms with Crippen LogP contribution in [0.15, 0.2) is 53.1 Å². The van der Waals surface area contributed by atoms with Crippen LogP contribution in [-0.2, 0) is 11.3 Å². The van der Waals surface area contributed by atoms with Crippen LogP contribution in [0.5, 0.6) is 11.5 Å².